The molecule has 7 nitrogen and oxygen atoms in total. The van der Waals surface area contributed by atoms with Crippen LogP contribution in [0.15, 0.2) is 18.2 Å². The predicted molar refractivity (Wildman–Crippen MR) is 78.8 cm³/mol. The van der Waals surface area contributed by atoms with Crippen molar-refractivity contribution >= 4 is 17.3 Å². The van der Waals surface area contributed by atoms with Crippen LogP contribution in [0.4, 0.5) is 11.4 Å². The number of hydrogen-bond donors (Lipinski definition) is 1. The number of carbonyl (C=O) groups is 1. The van der Waals surface area contributed by atoms with Crippen molar-refractivity contribution in [1.29, 1.82) is 5.26 Å². The van der Waals surface area contributed by atoms with Crippen molar-refractivity contribution in [1.82, 2.24) is 4.90 Å². The number of nitrogens with one attached hydrogen (secondary N) is 1. The van der Waals surface area contributed by atoms with Gasteiger partial charge >= 0.3 is 0 Å². The first-order chi connectivity index (χ1) is 9.94. The first-order valence-electron chi connectivity index (χ1n) is 6.68. The van der Waals surface area contributed by atoms with Crippen molar-refractivity contribution in [3.05, 3.63) is 33.9 Å². The Balaban J connectivity index is 2.91. The van der Waals surface area contributed by atoms with E-state index in [0.717, 1.165) is 0 Å². The molecule has 0 radical (unpaired) electrons. The van der Waals surface area contributed by atoms with Crippen LogP contribution in [0.2, 0.25) is 0 Å². The molecule has 0 aliphatic carbocycles. The minimum absolute atomic E-state index is 0.0347. The lowest BCUT2D eigenvalue weighted by molar-refractivity contribution is -0.385. The summed E-state index contributed by atoms with van der Waals surface area (Å²) in [4.78, 5) is 24.0. The van der Waals surface area contributed by atoms with E-state index in [0.29, 0.717) is 18.8 Å². The van der Waals surface area contributed by atoms with Gasteiger partial charge in [0, 0.05) is 24.8 Å². The van der Waals surface area contributed by atoms with Crippen LogP contribution in [0.1, 0.15) is 26.3 Å². The predicted octanol–water partition coefficient (Wildman–Crippen LogP) is 2.14. The fourth-order valence-corrected chi connectivity index (χ4v) is 2.00. The van der Waals surface area contributed by atoms with E-state index in [-0.39, 0.29) is 17.2 Å². The highest BCUT2D eigenvalue weighted by molar-refractivity contribution is 5.84. The van der Waals surface area contributed by atoms with E-state index in [2.05, 4.69) is 5.32 Å². The smallest absolute Gasteiger partial charge is 0.287 e. The van der Waals surface area contributed by atoms with Crippen LogP contribution in [0, 0.1) is 21.4 Å². The number of anilines is 1. The van der Waals surface area contributed by atoms with E-state index in [1.54, 1.807) is 17.9 Å². The third kappa shape index (κ3) is 3.92. The molecular weight excluding hydrogens is 272 g/mol. The summed E-state index contributed by atoms with van der Waals surface area (Å²) in [5, 5.41) is 22.7. The molecule has 1 rings (SSSR count). The van der Waals surface area contributed by atoms with Crippen molar-refractivity contribution in [2.45, 2.75) is 26.8 Å². The van der Waals surface area contributed by atoms with Gasteiger partial charge in [-0.15, -0.1) is 0 Å². The van der Waals surface area contributed by atoms with Crippen LogP contribution in [0.3, 0.4) is 0 Å². The summed E-state index contributed by atoms with van der Waals surface area (Å²) in [6.07, 6.45) is 0. The van der Waals surface area contributed by atoms with E-state index >= 15 is 0 Å². The topological polar surface area (TPSA) is 99.3 Å². The molecule has 1 aromatic carbocycles. The Labute approximate surface area is 123 Å². The Morgan fingerprint density at radius 3 is 2.57 bits per heavy atom. The number of benzene rings is 1. The Bertz CT molecular complexity index is 576. The van der Waals surface area contributed by atoms with Gasteiger partial charge in [0.2, 0.25) is 5.91 Å². The maximum atomic E-state index is 12.1. The second-order valence-electron chi connectivity index (χ2n) is 4.48. The molecule has 0 fully saturated rings. The molecule has 0 aromatic heterocycles. The minimum atomic E-state index is -0.604. The normalized spacial score (nSPS) is 11.3. The molecule has 1 atom stereocenters. The molecule has 0 heterocycles. The number of nitro groups is 1. The summed E-state index contributed by atoms with van der Waals surface area (Å²) < 4.78 is 0. The van der Waals surface area contributed by atoms with E-state index in [9.17, 15) is 14.9 Å². The molecule has 1 aromatic rings. The molecule has 21 heavy (non-hydrogen) atoms. The van der Waals surface area contributed by atoms with Gasteiger partial charge in [-0.1, -0.05) is 0 Å². The molecule has 0 aliphatic heterocycles. The fraction of sp³-hybridized carbons (Fsp3) is 0.429. The van der Waals surface area contributed by atoms with Gasteiger partial charge in [-0.25, -0.2) is 0 Å². The number of carbonyl (C=O) groups excluding carboxylic acids is 1. The molecule has 7 heteroatoms. The first kappa shape index (κ1) is 16.4. The van der Waals surface area contributed by atoms with Gasteiger partial charge in [0.1, 0.15) is 17.7 Å². The molecular formula is C14H18N4O3. The molecule has 1 N–H and O–H groups in total. The van der Waals surface area contributed by atoms with Crippen LogP contribution >= 0.6 is 0 Å². The average molecular weight is 290 g/mol. The van der Waals surface area contributed by atoms with Crippen molar-refractivity contribution < 1.29 is 9.72 Å². The van der Waals surface area contributed by atoms with Gasteiger partial charge < -0.3 is 10.2 Å². The standard InChI is InChI=1S/C14H18N4O3/c1-4-17(5-2)14(19)10(3)16-12-6-7-13(18(20)21)11(8-12)9-15/h6-8,10,16H,4-5H2,1-3H3. The number of rotatable bonds is 6. The molecule has 0 spiro atoms. The number of nitrogens with zero attached hydrogens (tertiary/aromatic N) is 3. The van der Waals surface area contributed by atoms with Gasteiger partial charge in [0.25, 0.3) is 5.69 Å². The van der Waals surface area contributed by atoms with Gasteiger partial charge in [0.15, 0.2) is 0 Å². The van der Waals surface area contributed by atoms with E-state index < -0.39 is 11.0 Å². The quantitative estimate of drug-likeness (QED) is 0.639. The number of amides is 1. The highest BCUT2D eigenvalue weighted by Gasteiger charge is 2.19. The zero-order valence-electron chi connectivity index (χ0n) is 12.3. The minimum Gasteiger partial charge on any atom is -0.374 e. The summed E-state index contributed by atoms with van der Waals surface area (Å²) in [6, 6.07) is 5.44. The summed E-state index contributed by atoms with van der Waals surface area (Å²) in [5.74, 6) is -0.0585. The van der Waals surface area contributed by atoms with Crippen LogP contribution in [0.25, 0.3) is 0 Å². The monoisotopic (exact) mass is 290 g/mol. The average Bonchev–Trinajstić information content (AvgIpc) is 2.47. The molecule has 0 bridgehead atoms. The number of nitriles is 1. The van der Waals surface area contributed by atoms with Crippen molar-refractivity contribution in [2.24, 2.45) is 0 Å². The number of hydrogen-bond acceptors (Lipinski definition) is 5. The number of nitro benzene ring substituents is 1. The highest BCUT2D eigenvalue weighted by Crippen LogP contribution is 2.22. The Hall–Kier alpha value is -2.62. The SMILES string of the molecule is CCN(CC)C(=O)C(C)Nc1ccc([N+](=O)[O-])c(C#N)c1. The van der Waals surface area contributed by atoms with E-state index in [1.807, 2.05) is 13.8 Å². The van der Waals surface area contributed by atoms with Crippen LogP contribution in [-0.4, -0.2) is 34.9 Å². The molecule has 1 unspecified atom stereocenters. The molecule has 0 saturated carbocycles. The summed E-state index contributed by atoms with van der Waals surface area (Å²) >= 11 is 0. The highest BCUT2D eigenvalue weighted by atomic mass is 16.6. The Morgan fingerprint density at radius 1 is 1.48 bits per heavy atom. The largest absolute Gasteiger partial charge is 0.374 e. The Kier molecular flexibility index (Phi) is 5.67. The Morgan fingerprint density at radius 2 is 2.10 bits per heavy atom. The third-order valence-electron chi connectivity index (χ3n) is 3.14. The molecule has 1 amide bonds. The summed E-state index contributed by atoms with van der Waals surface area (Å²) in [6.45, 7) is 6.74. The first-order valence-corrected chi connectivity index (χ1v) is 6.68. The van der Waals surface area contributed by atoms with Crippen LogP contribution in [-0.2, 0) is 4.79 Å². The lowest BCUT2D eigenvalue weighted by atomic mass is 10.1. The van der Waals surface area contributed by atoms with E-state index in [1.165, 1.54) is 18.2 Å². The van der Waals surface area contributed by atoms with Crippen molar-refractivity contribution in [2.75, 3.05) is 18.4 Å². The third-order valence-corrected chi connectivity index (χ3v) is 3.14. The lowest BCUT2D eigenvalue weighted by Crippen LogP contribution is -2.41. The van der Waals surface area contributed by atoms with Crippen LogP contribution < -0.4 is 5.32 Å². The maximum absolute atomic E-state index is 12.1. The maximum Gasteiger partial charge on any atom is 0.287 e. The molecule has 0 aliphatic rings. The van der Waals surface area contributed by atoms with Crippen molar-refractivity contribution in [3.63, 3.8) is 0 Å². The zero-order chi connectivity index (χ0) is 16.0. The van der Waals surface area contributed by atoms with Gasteiger partial charge in [0.05, 0.1) is 4.92 Å². The van der Waals surface area contributed by atoms with Gasteiger partial charge in [-0.3, -0.25) is 14.9 Å². The van der Waals surface area contributed by atoms with E-state index in [4.69, 9.17) is 5.26 Å². The molecule has 0 saturated heterocycles. The number of likely N-dealkylation sites (N-methyl/N-ethyl adjacent to an activating group) is 1. The van der Waals surface area contributed by atoms with Gasteiger partial charge in [-0.2, -0.15) is 5.26 Å². The van der Waals surface area contributed by atoms with Crippen molar-refractivity contribution in [3.8, 4) is 6.07 Å². The lowest BCUT2D eigenvalue weighted by Gasteiger charge is -2.24. The van der Waals surface area contributed by atoms with Gasteiger partial charge in [-0.05, 0) is 32.9 Å². The summed E-state index contributed by atoms with van der Waals surface area (Å²) in [7, 11) is 0. The molecule has 112 valence electrons. The fourth-order valence-electron chi connectivity index (χ4n) is 2.00. The zero-order valence-corrected chi connectivity index (χ0v) is 12.3. The second-order valence-corrected chi connectivity index (χ2v) is 4.48. The second kappa shape index (κ2) is 7.24. The summed E-state index contributed by atoms with van der Waals surface area (Å²) in [5.41, 5.74) is 0.225. The van der Waals surface area contributed by atoms with Crippen LogP contribution in [0.5, 0.6) is 0 Å².